The van der Waals surface area contributed by atoms with E-state index in [1.165, 1.54) is 4.90 Å². The van der Waals surface area contributed by atoms with Crippen LogP contribution in [0.4, 0.5) is 0 Å². The van der Waals surface area contributed by atoms with Crippen LogP contribution < -0.4 is 0 Å². The first kappa shape index (κ1) is 35.1. The molecule has 0 spiro atoms. The lowest BCUT2D eigenvalue weighted by atomic mass is 9.80. The van der Waals surface area contributed by atoms with Gasteiger partial charge < -0.3 is 28.4 Å². The van der Waals surface area contributed by atoms with Crippen molar-refractivity contribution >= 4 is 11.8 Å². The highest BCUT2D eigenvalue weighted by Crippen LogP contribution is 2.40. The SMILES string of the molecule is O=C1c2ccccc2C(=O)N1CCOCCOCCOCCOCCOCCOC(c1ccccc1)(c1ccccc1)c1ccccc1. The summed E-state index contributed by atoms with van der Waals surface area (Å²) in [5.41, 5.74) is 3.30. The summed E-state index contributed by atoms with van der Waals surface area (Å²) < 4.78 is 34.8. The van der Waals surface area contributed by atoms with E-state index in [1.807, 2.05) is 54.6 Å². The normalized spacial score (nSPS) is 12.9. The molecule has 0 saturated heterocycles. The third-order valence-electron chi connectivity index (χ3n) is 7.91. The molecule has 4 aromatic carbocycles. The predicted octanol–water partition coefficient (Wildman–Crippen LogP) is 5.37. The molecule has 5 rings (SSSR count). The van der Waals surface area contributed by atoms with Crippen LogP contribution in [0.5, 0.6) is 0 Å². The number of fused-ring (bicyclic) bond motifs is 1. The quantitative estimate of drug-likeness (QED) is 0.0635. The van der Waals surface area contributed by atoms with Crippen LogP contribution >= 0.6 is 0 Å². The predicted molar refractivity (Wildman–Crippen MR) is 181 cm³/mol. The van der Waals surface area contributed by atoms with Gasteiger partial charge >= 0.3 is 0 Å². The molecular formula is C39H43NO8. The van der Waals surface area contributed by atoms with E-state index in [4.69, 9.17) is 28.4 Å². The molecule has 9 heteroatoms. The van der Waals surface area contributed by atoms with Crippen LogP contribution in [0.2, 0.25) is 0 Å². The van der Waals surface area contributed by atoms with E-state index in [2.05, 4.69) is 36.4 Å². The van der Waals surface area contributed by atoms with Crippen LogP contribution in [0.15, 0.2) is 115 Å². The van der Waals surface area contributed by atoms with E-state index in [9.17, 15) is 9.59 Å². The minimum absolute atomic E-state index is 0.214. The summed E-state index contributed by atoms with van der Waals surface area (Å²) in [4.78, 5) is 25.9. The average Bonchev–Trinajstić information content (AvgIpc) is 3.38. The second-order valence-electron chi connectivity index (χ2n) is 11.0. The van der Waals surface area contributed by atoms with E-state index < -0.39 is 5.60 Å². The molecule has 0 radical (unpaired) electrons. The molecular weight excluding hydrogens is 610 g/mol. The lowest BCUT2D eigenvalue weighted by Gasteiger charge is -2.36. The Hall–Kier alpha value is -4.22. The summed E-state index contributed by atoms with van der Waals surface area (Å²) in [5.74, 6) is -0.551. The Kier molecular flexibility index (Phi) is 13.9. The fraction of sp³-hybridized carbons (Fsp3) is 0.333. The molecule has 2 amide bonds. The molecule has 4 aromatic rings. The zero-order chi connectivity index (χ0) is 33.3. The molecule has 0 saturated carbocycles. The average molecular weight is 654 g/mol. The van der Waals surface area contributed by atoms with Crippen LogP contribution in [0, 0.1) is 0 Å². The molecule has 9 nitrogen and oxygen atoms in total. The maximum atomic E-state index is 12.4. The van der Waals surface area contributed by atoms with Crippen LogP contribution in [-0.4, -0.2) is 95.9 Å². The van der Waals surface area contributed by atoms with E-state index in [-0.39, 0.29) is 25.0 Å². The Bertz CT molecular complexity index is 1400. The van der Waals surface area contributed by atoms with Crippen LogP contribution in [-0.2, 0) is 34.0 Å². The molecule has 0 bridgehead atoms. The Morgan fingerprint density at radius 2 is 0.708 bits per heavy atom. The highest BCUT2D eigenvalue weighted by atomic mass is 16.6. The Labute approximate surface area is 282 Å². The topological polar surface area (TPSA) is 92.8 Å². The standard InChI is InChI=1S/C39H43NO8/c41-37-35-18-10-11-19-36(35)38(42)40(37)20-21-43-22-23-44-24-25-45-26-27-46-28-29-47-30-31-48-39(32-12-4-1-5-13-32,33-14-6-2-7-15-33)34-16-8-3-9-17-34/h1-19H,20-31H2. The maximum absolute atomic E-state index is 12.4. The van der Waals surface area contributed by atoms with Gasteiger partial charge in [0, 0.05) is 0 Å². The van der Waals surface area contributed by atoms with Gasteiger partial charge in [0.1, 0.15) is 5.60 Å². The molecule has 48 heavy (non-hydrogen) atoms. The second-order valence-corrected chi connectivity index (χ2v) is 11.0. The summed E-state index contributed by atoms with van der Waals surface area (Å²) in [6.45, 7) is 4.76. The van der Waals surface area contributed by atoms with Crippen molar-refractivity contribution in [1.29, 1.82) is 0 Å². The minimum atomic E-state index is -0.762. The van der Waals surface area contributed by atoms with Crippen LogP contribution in [0.25, 0.3) is 0 Å². The highest BCUT2D eigenvalue weighted by Gasteiger charge is 2.37. The summed E-state index contributed by atoms with van der Waals surface area (Å²) in [7, 11) is 0. The molecule has 1 aliphatic heterocycles. The Morgan fingerprint density at radius 1 is 0.396 bits per heavy atom. The first-order chi connectivity index (χ1) is 23.7. The highest BCUT2D eigenvalue weighted by molar-refractivity contribution is 6.21. The number of amides is 2. The van der Waals surface area contributed by atoms with Crippen molar-refractivity contribution in [1.82, 2.24) is 4.90 Å². The molecule has 0 aromatic heterocycles. The van der Waals surface area contributed by atoms with E-state index in [0.717, 1.165) is 16.7 Å². The molecule has 0 aliphatic carbocycles. The van der Waals surface area contributed by atoms with Crippen LogP contribution in [0.3, 0.4) is 0 Å². The number of carbonyl (C=O) groups excluding carboxylic acids is 2. The summed E-state index contributed by atoms with van der Waals surface area (Å²) in [6.07, 6.45) is 0. The number of imide groups is 1. The van der Waals surface area contributed by atoms with Gasteiger partial charge in [0.2, 0.25) is 0 Å². The van der Waals surface area contributed by atoms with Crippen molar-refractivity contribution in [2.24, 2.45) is 0 Å². The van der Waals surface area contributed by atoms with Gasteiger partial charge in [-0.25, -0.2) is 0 Å². The first-order valence-corrected chi connectivity index (χ1v) is 16.4. The molecule has 1 heterocycles. The van der Waals surface area contributed by atoms with Gasteiger partial charge in [-0.05, 0) is 28.8 Å². The molecule has 0 N–H and O–H groups in total. The number of ether oxygens (including phenoxy) is 6. The lowest BCUT2D eigenvalue weighted by molar-refractivity contribution is -0.0391. The van der Waals surface area contributed by atoms with E-state index in [0.29, 0.717) is 77.2 Å². The van der Waals surface area contributed by atoms with Crippen molar-refractivity contribution in [3.63, 3.8) is 0 Å². The molecule has 252 valence electrons. The van der Waals surface area contributed by atoms with Gasteiger partial charge in [0.05, 0.1) is 90.3 Å². The molecule has 1 aliphatic rings. The van der Waals surface area contributed by atoms with Gasteiger partial charge in [0.15, 0.2) is 0 Å². The van der Waals surface area contributed by atoms with Gasteiger partial charge in [0.25, 0.3) is 11.8 Å². The zero-order valence-corrected chi connectivity index (χ0v) is 27.2. The summed E-state index contributed by atoms with van der Waals surface area (Å²) in [5, 5.41) is 0. The second kappa shape index (κ2) is 18.9. The van der Waals surface area contributed by atoms with Gasteiger partial charge in [-0.3, -0.25) is 14.5 Å². The number of benzene rings is 4. The monoisotopic (exact) mass is 653 g/mol. The van der Waals surface area contributed by atoms with E-state index in [1.54, 1.807) is 24.3 Å². The first-order valence-electron chi connectivity index (χ1n) is 16.4. The number of rotatable bonds is 22. The van der Waals surface area contributed by atoms with Crippen molar-refractivity contribution in [3.8, 4) is 0 Å². The molecule has 0 unspecified atom stereocenters. The van der Waals surface area contributed by atoms with Gasteiger partial charge in [-0.1, -0.05) is 103 Å². The molecule has 0 fully saturated rings. The summed E-state index contributed by atoms with van der Waals surface area (Å²) >= 11 is 0. The van der Waals surface area contributed by atoms with Crippen molar-refractivity contribution in [3.05, 3.63) is 143 Å². The van der Waals surface area contributed by atoms with Crippen molar-refractivity contribution in [2.75, 3.05) is 79.2 Å². The zero-order valence-electron chi connectivity index (χ0n) is 27.2. The lowest BCUT2D eigenvalue weighted by Crippen LogP contribution is -2.34. The Balaban J connectivity index is 0.888. The fourth-order valence-corrected chi connectivity index (χ4v) is 5.60. The number of nitrogens with zero attached hydrogens (tertiary/aromatic N) is 1. The third-order valence-corrected chi connectivity index (χ3v) is 7.91. The smallest absolute Gasteiger partial charge is 0.261 e. The summed E-state index contributed by atoms with van der Waals surface area (Å²) in [6, 6.07) is 37.7. The van der Waals surface area contributed by atoms with Crippen LogP contribution in [0.1, 0.15) is 37.4 Å². The minimum Gasteiger partial charge on any atom is -0.377 e. The number of hydrogen-bond acceptors (Lipinski definition) is 8. The van der Waals surface area contributed by atoms with Crippen molar-refractivity contribution in [2.45, 2.75) is 5.60 Å². The fourth-order valence-electron chi connectivity index (χ4n) is 5.60. The Morgan fingerprint density at radius 3 is 1.08 bits per heavy atom. The largest absolute Gasteiger partial charge is 0.377 e. The number of carbonyl (C=O) groups is 2. The van der Waals surface area contributed by atoms with E-state index >= 15 is 0 Å². The molecule has 0 atom stereocenters. The van der Waals surface area contributed by atoms with Crippen molar-refractivity contribution < 1.29 is 38.0 Å². The maximum Gasteiger partial charge on any atom is 0.261 e. The van der Waals surface area contributed by atoms with Gasteiger partial charge in [-0.15, -0.1) is 0 Å². The third kappa shape index (κ3) is 9.23. The van der Waals surface area contributed by atoms with Gasteiger partial charge in [-0.2, -0.15) is 0 Å². The number of hydrogen-bond donors (Lipinski definition) is 0.